The summed E-state index contributed by atoms with van der Waals surface area (Å²) in [6, 6.07) is 12.1. The molecule has 162 valence electrons. The van der Waals surface area contributed by atoms with Crippen molar-refractivity contribution in [1.82, 2.24) is 14.5 Å². The number of piperidine rings is 1. The molecule has 0 amide bonds. The molecule has 0 N–H and O–H groups in total. The fourth-order valence-electron chi connectivity index (χ4n) is 3.30. The van der Waals surface area contributed by atoms with Crippen LogP contribution in [0.2, 0.25) is 0 Å². The molecule has 0 unspecified atom stereocenters. The van der Waals surface area contributed by atoms with Crippen LogP contribution in [0.25, 0.3) is 11.5 Å². The van der Waals surface area contributed by atoms with Crippen molar-refractivity contribution in [3.05, 3.63) is 59.9 Å². The quantitative estimate of drug-likeness (QED) is 0.387. The number of rotatable bonds is 7. The second-order valence-corrected chi connectivity index (χ2v) is 9.92. The van der Waals surface area contributed by atoms with Crippen molar-refractivity contribution in [3.8, 4) is 11.5 Å². The fraction of sp³-hybridized carbons (Fsp3) is 0.286. The predicted octanol–water partition coefficient (Wildman–Crippen LogP) is 4.03. The number of thioether (sulfide) groups is 1. The van der Waals surface area contributed by atoms with Gasteiger partial charge in [-0.2, -0.15) is 4.31 Å². The average Bonchev–Trinajstić information content (AvgIpc) is 3.27. The van der Waals surface area contributed by atoms with Crippen LogP contribution in [0.3, 0.4) is 0 Å². The van der Waals surface area contributed by atoms with E-state index in [9.17, 15) is 17.6 Å². The van der Waals surface area contributed by atoms with Gasteiger partial charge in [-0.15, -0.1) is 10.2 Å². The molecule has 2 heterocycles. The Morgan fingerprint density at radius 1 is 1.03 bits per heavy atom. The van der Waals surface area contributed by atoms with E-state index < -0.39 is 15.8 Å². The lowest BCUT2D eigenvalue weighted by Crippen LogP contribution is -2.35. The Balaban J connectivity index is 1.42. The lowest BCUT2D eigenvalue weighted by atomic mass is 10.1. The molecule has 1 fully saturated rings. The number of Topliss-reactive ketones (excluding diaryl/α,β-unsaturated/α-hetero) is 1. The van der Waals surface area contributed by atoms with E-state index in [1.165, 1.54) is 34.6 Å². The molecule has 1 aromatic heterocycles. The summed E-state index contributed by atoms with van der Waals surface area (Å²) < 4.78 is 46.3. The van der Waals surface area contributed by atoms with Gasteiger partial charge in [0.2, 0.25) is 15.9 Å². The number of sulfonamides is 1. The lowest BCUT2D eigenvalue weighted by molar-refractivity contribution is 0.101. The van der Waals surface area contributed by atoms with Gasteiger partial charge in [-0.3, -0.25) is 4.79 Å². The van der Waals surface area contributed by atoms with E-state index in [1.807, 2.05) is 0 Å². The number of ketones is 1. The van der Waals surface area contributed by atoms with E-state index >= 15 is 0 Å². The highest BCUT2D eigenvalue weighted by Gasteiger charge is 2.26. The molecule has 1 aliphatic heterocycles. The van der Waals surface area contributed by atoms with Gasteiger partial charge in [0, 0.05) is 18.7 Å². The van der Waals surface area contributed by atoms with Crippen LogP contribution in [-0.2, 0) is 10.0 Å². The van der Waals surface area contributed by atoms with E-state index in [4.69, 9.17) is 4.42 Å². The van der Waals surface area contributed by atoms with Crippen molar-refractivity contribution in [3.63, 3.8) is 0 Å². The summed E-state index contributed by atoms with van der Waals surface area (Å²) in [5, 5.41) is 8.02. The molecule has 0 saturated carbocycles. The zero-order valence-electron chi connectivity index (χ0n) is 16.5. The molecule has 0 aliphatic carbocycles. The maximum Gasteiger partial charge on any atom is 0.277 e. The zero-order valence-corrected chi connectivity index (χ0v) is 18.2. The number of benzene rings is 2. The topological polar surface area (TPSA) is 93.4 Å². The standard InChI is InChI=1S/C21H20FN3O4S2/c22-18-7-3-2-6-17(18)19(26)14-30-21-24-23-20(29-21)15-8-10-16(11-9-15)31(27,28)25-12-4-1-5-13-25/h2-3,6-11H,1,4-5,12-14H2. The van der Waals surface area contributed by atoms with Gasteiger partial charge in [0.25, 0.3) is 5.22 Å². The summed E-state index contributed by atoms with van der Waals surface area (Å²) in [7, 11) is -3.51. The first kappa shape index (κ1) is 21.7. The van der Waals surface area contributed by atoms with Gasteiger partial charge in [-0.05, 0) is 49.2 Å². The summed E-state index contributed by atoms with van der Waals surface area (Å²) in [4.78, 5) is 12.4. The minimum atomic E-state index is -3.51. The summed E-state index contributed by atoms with van der Waals surface area (Å²) in [6.45, 7) is 1.08. The highest BCUT2D eigenvalue weighted by atomic mass is 32.2. The summed E-state index contributed by atoms with van der Waals surface area (Å²) >= 11 is 1.01. The molecule has 1 saturated heterocycles. The van der Waals surface area contributed by atoms with Crippen LogP contribution in [0.4, 0.5) is 4.39 Å². The van der Waals surface area contributed by atoms with Crippen molar-refractivity contribution in [2.75, 3.05) is 18.8 Å². The van der Waals surface area contributed by atoms with Crippen molar-refractivity contribution >= 4 is 27.6 Å². The van der Waals surface area contributed by atoms with Crippen molar-refractivity contribution in [2.24, 2.45) is 0 Å². The minimum Gasteiger partial charge on any atom is -0.411 e. The van der Waals surface area contributed by atoms with Crippen molar-refractivity contribution < 1.29 is 22.0 Å². The third kappa shape index (κ3) is 4.86. The number of halogens is 1. The third-order valence-corrected chi connectivity index (χ3v) is 7.69. The fourth-order valence-corrected chi connectivity index (χ4v) is 5.46. The van der Waals surface area contributed by atoms with Crippen LogP contribution in [0, 0.1) is 5.82 Å². The molecule has 3 aromatic rings. The molecule has 1 aliphatic rings. The minimum absolute atomic E-state index is 0.0141. The van der Waals surface area contributed by atoms with Crippen LogP contribution >= 0.6 is 11.8 Å². The van der Waals surface area contributed by atoms with E-state index in [2.05, 4.69) is 10.2 Å². The second-order valence-electron chi connectivity index (χ2n) is 7.05. The SMILES string of the molecule is O=C(CSc1nnc(-c2ccc(S(=O)(=O)N3CCCCC3)cc2)o1)c1ccccc1F. The molecule has 4 rings (SSSR count). The molecule has 0 spiro atoms. The number of nitrogens with zero attached hydrogens (tertiary/aromatic N) is 3. The van der Waals surface area contributed by atoms with Crippen molar-refractivity contribution in [2.45, 2.75) is 29.4 Å². The molecule has 7 nitrogen and oxygen atoms in total. The Kier molecular flexibility index (Phi) is 6.49. The number of hydrogen-bond acceptors (Lipinski definition) is 7. The number of aromatic nitrogens is 2. The first-order valence-corrected chi connectivity index (χ1v) is 12.2. The van der Waals surface area contributed by atoms with Crippen LogP contribution in [0.5, 0.6) is 0 Å². The van der Waals surface area contributed by atoms with E-state index in [0.29, 0.717) is 18.7 Å². The lowest BCUT2D eigenvalue weighted by Gasteiger charge is -2.25. The Labute approximate surface area is 183 Å². The maximum atomic E-state index is 13.7. The van der Waals surface area contributed by atoms with E-state index in [1.54, 1.807) is 18.2 Å². The third-order valence-electron chi connectivity index (χ3n) is 4.96. The highest BCUT2D eigenvalue weighted by Crippen LogP contribution is 2.26. The monoisotopic (exact) mass is 461 g/mol. The largest absolute Gasteiger partial charge is 0.411 e. The molecule has 0 radical (unpaired) electrons. The molecular weight excluding hydrogens is 441 g/mol. The van der Waals surface area contributed by atoms with Gasteiger partial charge in [0.15, 0.2) is 5.78 Å². The molecule has 31 heavy (non-hydrogen) atoms. The zero-order chi connectivity index (χ0) is 21.8. The van der Waals surface area contributed by atoms with Crippen LogP contribution in [0.1, 0.15) is 29.6 Å². The Morgan fingerprint density at radius 3 is 2.45 bits per heavy atom. The summed E-state index contributed by atoms with van der Waals surface area (Å²) in [5.41, 5.74) is 0.581. The van der Waals surface area contributed by atoms with E-state index in [0.717, 1.165) is 31.0 Å². The maximum absolute atomic E-state index is 13.7. The van der Waals surface area contributed by atoms with Gasteiger partial charge in [-0.25, -0.2) is 12.8 Å². The first-order chi connectivity index (χ1) is 14.9. The number of carbonyl (C=O) groups is 1. The Hall–Kier alpha value is -2.56. The van der Waals surface area contributed by atoms with Gasteiger partial charge < -0.3 is 4.42 Å². The molecular formula is C21H20FN3O4S2. The van der Waals surface area contributed by atoms with Gasteiger partial charge >= 0.3 is 0 Å². The van der Waals surface area contributed by atoms with Gasteiger partial charge in [0.1, 0.15) is 5.82 Å². The predicted molar refractivity (Wildman–Crippen MR) is 114 cm³/mol. The van der Waals surface area contributed by atoms with E-state index in [-0.39, 0.29) is 33.1 Å². The summed E-state index contributed by atoms with van der Waals surface area (Å²) in [6.07, 6.45) is 2.80. The second kappa shape index (κ2) is 9.29. The van der Waals surface area contributed by atoms with Crippen LogP contribution in [-0.4, -0.2) is 47.5 Å². The first-order valence-electron chi connectivity index (χ1n) is 9.80. The Morgan fingerprint density at radius 2 is 1.74 bits per heavy atom. The Bertz CT molecular complexity index is 1170. The van der Waals surface area contributed by atoms with Gasteiger partial charge in [0.05, 0.1) is 16.2 Å². The van der Waals surface area contributed by atoms with Crippen LogP contribution < -0.4 is 0 Å². The number of carbonyl (C=O) groups excluding carboxylic acids is 1. The summed E-state index contributed by atoms with van der Waals surface area (Å²) in [5.74, 6) is -0.785. The average molecular weight is 462 g/mol. The highest BCUT2D eigenvalue weighted by molar-refractivity contribution is 7.99. The molecule has 10 heteroatoms. The molecule has 0 atom stereocenters. The van der Waals surface area contributed by atoms with Gasteiger partial charge in [-0.1, -0.05) is 30.3 Å². The molecule has 0 bridgehead atoms. The van der Waals surface area contributed by atoms with Crippen molar-refractivity contribution in [1.29, 1.82) is 0 Å². The number of hydrogen-bond donors (Lipinski definition) is 0. The smallest absolute Gasteiger partial charge is 0.277 e. The normalized spacial score (nSPS) is 15.1. The molecule has 2 aromatic carbocycles. The van der Waals surface area contributed by atoms with Crippen LogP contribution in [0.15, 0.2) is 63.1 Å².